The summed E-state index contributed by atoms with van der Waals surface area (Å²) in [5, 5.41) is 3.11. The van der Waals surface area contributed by atoms with Crippen LogP contribution in [-0.2, 0) is 0 Å². The lowest BCUT2D eigenvalue weighted by molar-refractivity contribution is 0.261. The summed E-state index contributed by atoms with van der Waals surface area (Å²) in [4.78, 5) is 2.09. The van der Waals surface area contributed by atoms with Gasteiger partial charge in [-0.15, -0.1) is 0 Å². The van der Waals surface area contributed by atoms with Crippen LogP contribution in [0.15, 0.2) is 24.3 Å². The zero-order valence-corrected chi connectivity index (χ0v) is 10.1. The summed E-state index contributed by atoms with van der Waals surface area (Å²) in [5.74, 6) is 1.54. The molecule has 0 heterocycles. The van der Waals surface area contributed by atoms with Gasteiger partial charge in [-0.3, -0.25) is 0 Å². The lowest BCUT2D eigenvalue weighted by atomic mass is 10.3. The molecule has 1 N–H and O–H groups in total. The van der Waals surface area contributed by atoms with Crippen molar-refractivity contribution in [3.05, 3.63) is 24.3 Å². The van der Waals surface area contributed by atoms with E-state index in [1.54, 1.807) is 0 Å². The normalized spacial score (nSPS) is 10.4. The first-order valence-corrected chi connectivity index (χ1v) is 5.58. The van der Waals surface area contributed by atoms with Crippen molar-refractivity contribution < 1.29 is 4.74 Å². The van der Waals surface area contributed by atoms with Crippen molar-refractivity contribution >= 4 is 18.3 Å². The van der Waals surface area contributed by atoms with Crippen LogP contribution < -0.4 is 10.1 Å². The number of anilines is 1. The molecule has 0 amide bonds. The molecule has 0 spiro atoms. The highest BCUT2D eigenvalue weighted by Gasteiger charge is 1.95. The molecule has 0 fully saturated rings. The van der Waals surface area contributed by atoms with E-state index in [0.29, 0.717) is 12.5 Å². The number of likely N-dealkylation sites (N-methyl/N-ethyl adjacent to an activating group) is 1. The SMILES string of the molecule is CN(C)CCOc1ccc(NCS)cc1. The average molecular weight is 226 g/mol. The second kappa shape index (κ2) is 6.58. The van der Waals surface area contributed by atoms with E-state index in [0.717, 1.165) is 18.0 Å². The van der Waals surface area contributed by atoms with E-state index < -0.39 is 0 Å². The van der Waals surface area contributed by atoms with Crippen molar-refractivity contribution in [3.8, 4) is 5.75 Å². The van der Waals surface area contributed by atoms with Crippen LogP contribution in [0.4, 0.5) is 5.69 Å². The van der Waals surface area contributed by atoms with Crippen molar-refractivity contribution in [1.82, 2.24) is 4.90 Å². The zero-order valence-electron chi connectivity index (χ0n) is 9.23. The molecule has 1 aromatic carbocycles. The van der Waals surface area contributed by atoms with Gasteiger partial charge in [-0.25, -0.2) is 0 Å². The van der Waals surface area contributed by atoms with E-state index in [9.17, 15) is 0 Å². The van der Waals surface area contributed by atoms with Crippen molar-refractivity contribution in [1.29, 1.82) is 0 Å². The Labute approximate surface area is 96.8 Å². The molecule has 3 nitrogen and oxygen atoms in total. The quantitative estimate of drug-likeness (QED) is 0.572. The van der Waals surface area contributed by atoms with Gasteiger partial charge in [0.2, 0.25) is 0 Å². The van der Waals surface area contributed by atoms with E-state index in [-0.39, 0.29) is 0 Å². The third-order valence-corrected chi connectivity index (χ3v) is 2.10. The second-order valence-corrected chi connectivity index (χ2v) is 3.83. The van der Waals surface area contributed by atoms with Crippen LogP contribution in [0.3, 0.4) is 0 Å². The van der Waals surface area contributed by atoms with Gasteiger partial charge < -0.3 is 15.0 Å². The first-order valence-electron chi connectivity index (χ1n) is 4.94. The average Bonchev–Trinajstić information content (AvgIpc) is 2.20. The molecule has 15 heavy (non-hydrogen) atoms. The van der Waals surface area contributed by atoms with Gasteiger partial charge in [-0.05, 0) is 38.4 Å². The van der Waals surface area contributed by atoms with Gasteiger partial charge >= 0.3 is 0 Å². The molecular formula is C11H18N2OS. The molecule has 0 aliphatic rings. The molecule has 0 unspecified atom stereocenters. The van der Waals surface area contributed by atoms with Crippen molar-refractivity contribution in [2.45, 2.75) is 0 Å². The highest BCUT2D eigenvalue weighted by Crippen LogP contribution is 2.15. The Kier molecular flexibility index (Phi) is 5.36. The van der Waals surface area contributed by atoms with E-state index in [1.807, 2.05) is 38.4 Å². The number of nitrogens with one attached hydrogen (secondary N) is 1. The highest BCUT2D eigenvalue weighted by atomic mass is 32.1. The Morgan fingerprint density at radius 2 is 1.93 bits per heavy atom. The number of nitrogens with zero attached hydrogens (tertiary/aromatic N) is 1. The monoisotopic (exact) mass is 226 g/mol. The minimum Gasteiger partial charge on any atom is -0.492 e. The van der Waals surface area contributed by atoms with Crippen LogP contribution >= 0.6 is 12.6 Å². The fourth-order valence-electron chi connectivity index (χ4n) is 1.11. The van der Waals surface area contributed by atoms with Crippen molar-refractivity contribution in [2.75, 3.05) is 38.4 Å². The van der Waals surface area contributed by atoms with E-state index in [1.165, 1.54) is 0 Å². The fraction of sp³-hybridized carbons (Fsp3) is 0.455. The van der Waals surface area contributed by atoms with Crippen LogP contribution in [0.1, 0.15) is 0 Å². The molecule has 0 atom stereocenters. The van der Waals surface area contributed by atoms with Gasteiger partial charge in [0.25, 0.3) is 0 Å². The van der Waals surface area contributed by atoms with E-state index >= 15 is 0 Å². The third-order valence-electron chi connectivity index (χ3n) is 1.94. The second-order valence-electron chi connectivity index (χ2n) is 3.51. The molecule has 1 rings (SSSR count). The molecule has 0 aliphatic carbocycles. The Hall–Kier alpha value is -0.870. The molecule has 0 bridgehead atoms. The first-order chi connectivity index (χ1) is 7.22. The Morgan fingerprint density at radius 3 is 2.47 bits per heavy atom. The fourth-order valence-corrected chi connectivity index (χ4v) is 1.29. The van der Waals surface area contributed by atoms with Crippen LogP contribution in [-0.4, -0.2) is 38.0 Å². The van der Waals surface area contributed by atoms with Gasteiger partial charge in [0.05, 0.1) is 5.88 Å². The van der Waals surface area contributed by atoms with Crippen molar-refractivity contribution in [2.24, 2.45) is 0 Å². The molecule has 0 saturated heterocycles. The molecular weight excluding hydrogens is 208 g/mol. The number of thiol groups is 1. The topological polar surface area (TPSA) is 24.5 Å². The molecule has 1 aromatic rings. The summed E-state index contributed by atoms with van der Waals surface area (Å²) in [6.45, 7) is 1.64. The molecule has 0 saturated carbocycles. The number of ether oxygens (including phenoxy) is 1. The lowest BCUT2D eigenvalue weighted by Gasteiger charge is -2.11. The van der Waals surface area contributed by atoms with Crippen LogP contribution in [0.25, 0.3) is 0 Å². The minimum atomic E-state index is 0.640. The van der Waals surface area contributed by atoms with Gasteiger partial charge in [-0.1, -0.05) is 0 Å². The predicted octanol–water partition coefficient (Wildman–Crippen LogP) is 1.93. The number of hydrogen-bond acceptors (Lipinski definition) is 4. The molecule has 0 radical (unpaired) electrons. The number of benzene rings is 1. The molecule has 0 aromatic heterocycles. The van der Waals surface area contributed by atoms with Gasteiger partial charge in [0, 0.05) is 12.2 Å². The third kappa shape index (κ3) is 4.95. The predicted molar refractivity (Wildman–Crippen MR) is 68.0 cm³/mol. The number of hydrogen-bond donors (Lipinski definition) is 2. The summed E-state index contributed by atoms with van der Waals surface area (Å²) in [5.41, 5.74) is 1.06. The first kappa shape index (κ1) is 12.2. The van der Waals surface area contributed by atoms with Crippen molar-refractivity contribution in [3.63, 3.8) is 0 Å². The summed E-state index contributed by atoms with van der Waals surface area (Å²) >= 11 is 4.09. The van der Waals surface area contributed by atoms with E-state index in [4.69, 9.17) is 4.74 Å². The van der Waals surface area contributed by atoms with Gasteiger partial charge in [-0.2, -0.15) is 12.6 Å². The number of rotatable bonds is 6. The summed E-state index contributed by atoms with van der Waals surface area (Å²) in [6, 6.07) is 7.89. The van der Waals surface area contributed by atoms with Crippen LogP contribution in [0.5, 0.6) is 5.75 Å². The van der Waals surface area contributed by atoms with Crippen LogP contribution in [0, 0.1) is 0 Å². The standard InChI is InChI=1S/C11H18N2OS/c1-13(2)7-8-14-11-5-3-10(4-6-11)12-9-15/h3-6,12,15H,7-9H2,1-2H3. The van der Waals surface area contributed by atoms with Gasteiger partial charge in [0.1, 0.15) is 12.4 Å². The van der Waals surface area contributed by atoms with E-state index in [2.05, 4.69) is 22.8 Å². The maximum atomic E-state index is 5.56. The zero-order chi connectivity index (χ0) is 11.1. The Morgan fingerprint density at radius 1 is 1.27 bits per heavy atom. The van der Waals surface area contributed by atoms with Gasteiger partial charge in [0.15, 0.2) is 0 Å². The Balaban J connectivity index is 2.36. The summed E-state index contributed by atoms with van der Waals surface area (Å²) in [6.07, 6.45) is 0. The highest BCUT2D eigenvalue weighted by molar-refractivity contribution is 7.80. The minimum absolute atomic E-state index is 0.640. The maximum absolute atomic E-state index is 5.56. The molecule has 4 heteroatoms. The summed E-state index contributed by atoms with van der Waals surface area (Å²) < 4.78 is 5.56. The molecule has 0 aliphatic heterocycles. The maximum Gasteiger partial charge on any atom is 0.119 e. The smallest absolute Gasteiger partial charge is 0.119 e. The summed E-state index contributed by atoms with van der Waals surface area (Å²) in [7, 11) is 4.06. The largest absolute Gasteiger partial charge is 0.492 e. The lowest BCUT2D eigenvalue weighted by Crippen LogP contribution is -2.19. The molecule has 84 valence electrons. The van der Waals surface area contributed by atoms with Crippen LogP contribution in [0.2, 0.25) is 0 Å². The Bertz CT molecular complexity index is 274.